The van der Waals surface area contributed by atoms with Crippen LogP contribution in [0.15, 0.2) is 54.6 Å². The molecule has 1 saturated heterocycles. The smallest absolute Gasteiger partial charge is 0.255 e. The molecule has 1 fully saturated rings. The second-order valence-electron chi connectivity index (χ2n) is 6.45. The van der Waals surface area contributed by atoms with Gasteiger partial charge in [-0.15, -0.1) is 0 Å². The Morgan fingerprint density at radius 1 is 0.960 bits per heavy atom. The Morgan fingerprint density at radius 3 is 2.48 bits per heavy atom. The zero-order chi connectivity index (χ0) is 17.1. The van der Waals surface area contributed by atoms with Gasteiger partial charge in [-0.05, 0) is 17.7 Å². The molecule has 2 heterocycles. The van der Waals surface area contributed by atoms with Crippen LogP contribution in [0.5, 0.6) is 0 Å². The Morgan fingerprint density at radius 2 is 1.68 bits per heavy atom. The van der Waals surface area contributed by atoms with Crippen LogP contribution in [-0.2, 0) is 0 Å². The van der Waals surface area contributed by atoms with Gasteiger partial charge in [0.05, 0.1) is 11.3 Å². The molecule has 130 valence electrons. The SMILES string of the molecule is O=C1NC(c2ccccc2)N(CCN2CCSCC2)c2ccccc21. The number of thioether (sulfide) groups is 1. The van der Waals surface area contributed by atoms with Crippen LogP contribution in [0.2, 0.25) is 0 Å². The van der Waals surface area contributed by atoms with Gasteiger partial charge in [-0.25, -0.2) is 0 Å². The first kappa shape index (κ1) is 16.5. The standard InChI is InChI=1S/C20H23N3OS/c24-20-17-8-4-5-9-18(17)23(11-10-22-12-14-25-15-13-22)19(21-20)16-6-2-1-3-7-16/h1-9,19H,10-15H2,(H,21,24). The zero-order valence-corrected chi connectivity index (χ0v) is 15.0. The number of carbonyl (C=O) groups excluding carboxylic acids is 1. The molecule has 0 aliphatic carbocycles. The largest absolute Gasteiger partial charge is 0.345 e. The van der Waals surface area contributed by atoms with E-state index in [1.165, 1.54) is 11.5 Å². The van der Waals surface area contributed by atoms with E-state index in [0.717, 1.165) is 43.0 Å². The number of nitrogens with zero attached hydrogens (tertiary/aromatic N) is 2. The minimum absolute atomic E-state index is 0.00933. The first-order chi connectivity index (χ1) is 12.3. The van der Waals surface area contributed by atoms with Gasteiger partial charge in [-0.1, -0.05) is 42.5 Å². The lowest BCUT2D eigenvalue weighted by atomic mass is 10.0. The van der Waals surface area contributed by atoms with Crippen LogP contribution in [0.4, 0.5) is 5.69 Å². The molecule has 2 aliphatic rings. The molecule has 2 aromatic carbocycles. The quantitative estimate of drug-likeness (QED) is 0.917. The van der Waals surface area contributed by atoms with Crippen molar-refractivity contribution < 1.29 is 4.79 Å². The zero-order valence-electron chi connectivity index (χ0n) is 14.2. The lowest BCUT2D eigenvalue weighted by Crippen LogP contribution is -2.49. The number of para-hydroxylation sites is 1. The van der Waals surface area contributed by atoms with E-state index >= 15 is 0 Å². The maximum absolute atomic E-state index is 12.6. The number of amides is 1. The van der Waals surface area contributed by atoms with Crippen LogP contribution in [0.1, 0.15) is 22.1 Å². The summed E-state index contributed by atoms with van der Waals surface area (Å²) in [5.74, 6) is 2.44. The monoisotopic (exact) mass is 353 g/mol. The molecular formula is C20H23N3OS. The molecule has 5 heteroatoms. The van der Waals surface area contributed by atoms with Crippen molar-refractivity contribution in [1.82, 2.24) is 10.2 Å². The van der Waals surface area contributed by atoms with E-state index in [2.05, 4.69) is 33.3 Å². The molecule has 0 spiro atoms. The fraction of sp³-hybridized carbons (Fsp3) is 0.350. The average molecular weight is 353 g/mol. The molecule has 1 atom stereocenters. The summed E-state index contributed by atoms with van der Waals surface area (Å²) in [4.78, 5) is 17.4. The highest BCUT2D eigenvalue weighted by molar-refractivity contribution is 7.99. The van der Waals surface area contributed by atoms with Gasteiger partial charge < -0.3 is 10.2 Å². The summed E-state index contributed by atoms with van der Waals surface area (Å²) in [6.45, 7) is 4.24. The second kappa shape index (κ2) is 7.50. The topological polar surface area (TPSA) is 35.6 Å². The number of hydrogen-bond acceptors (Lipinski definition) is 4. The Balaban J connectivity index is 1.62. The van der Waals surface area contributed by atoms with Crippen molar-refractivity contribution in [2.75, 3.05) is 42.6 Å². The third-order valence-corrected chi connectivity index (χ3v) is 5.86. The molecular weight excluding hydrogens is 330 g/mol. The molecule has 1 unspecified atom stereocenters. The summed E-state index contributed by atoms with van der Waals surface area (Å²) < 4.78 is 0. The van der Waals surface area contributed by atoms with E-state index in [4.69, 9.17) is 0 Å². The average Bonchev–Trinajstić information content (AvgIpc) is 2.69. The Hall–Kier alpha value is -1.98. The van der Waals surface area contributed by atoms with Crippen LogP contribution in [-0.4, -0.2) is 48.5 Å². The van der Waals surface area contributed by atoms with Crippen molar-refractivity contribution in [2.24, 2.45) is 0 Å². The van der Waals surface area contributed by atoms with Crippen LogP contribution in [0.25, 0.3) is 0 Å². The molecule has 25 heavy (non-hydrogen) atoms. The molecule has 1 N–H and O–H groups in total. The third-order valence-electron chi connectivity index (χ3n) is 4.91. The van der Waals surface area contributed by atoms with Gasteiger partial charge in [0.15, 0.2) is 0 Å². The van der Waals surface area contributed by atoms with Gasteiger partial charge in [-0.2, -0.15) is 11.8 Å². The Labute approximate surface area is 153 Å². The number of fused-ring (bicyclic) bond motifs is 1. The molecule has 0 aromatic heterocycles. The lowest BCUT2D eigenvalue weighted by Gasteiger charge is -2.40. The fourth-order valence-electron chi connectivity index (χ4n) is 3.56. The van der Waals surface area contributed by atoms with Crippen LogP contribution < -0.4 is 10.2 Å². The summed E-state index contributed by atoms with van der Waals surface area (Å²) >= 11 is 2.03. The van der Waals surface area contributed by atoms with Crippen LogP contribution in [0, 0.1) is 0 Å². The van der Waals surface area contributed by atoms with Crippen molar-refractivity contribution in [3.8, 4) is 0 Å². The highest BCUT2D eigenvalue weighted by Crippen LogP contribution is 2.32. The Bertz CT molecular complexity index is 731. The minimum Gasteiger partial charge on any atom is -0.345 e. The number of carbonyl (C=O) groups is 1. The van der Waals surface area contributed by atoms with Crippen molar-refractivity contribution >= 4 is 23.4 Å². The number of benzene rings is 2. The van der Waals surface area contributed by atoms with E-state index in [1.807, 2.05) is 48.2 Å². The van der Waals surface area contributed by atoms with E-state index in [9.17, 15) is 4.79 Å². The van der Waals surface area contributed by atoms with Crippen LogP contribution >= 0.6 is 11.8 Å². The van der Waals surface area contributed by atoms with Gasteiger partial charge in [0, 0.05) is 37.7 Å². The first-order valence-electron chi connectivity index (χ1n) is 8.84. The van der Waals surface area contributed by atoms with E-state index in [1.54, 1.807) is 0 Å². The predicted octanol–water partition coefficient (Wildman–Crippen LogP) is 2.98. The van der Waals surface area contributed by atoms with Gasteiger partial charge >= 0.3 is 0 Å². The third kappa shape index (κ3) is 3.53. The lowest BCUT2D eigenvalue weighted by molar-refractivity contribution is 0.0925. The van der Waals surface area contributed by atoms with Crippen molar-refractivity contribution in [2.45, 2.75) is 6.17 Å². The molecule has 1 amide bonds. The van der Waals surface area contributed by atoms with Crippen molar-refractivity contribution in [3.63, 3.8) is 0 Å². The van der Waals surface area contributed by atoms with Gasteiger partial charge in [-0.3, -0.25) is 9.69 Å². The summed E-state index contributed by atoms with van der Waals surface area (Å²) in [6, 6.07) is 18.2. The number of anilines is 1. The highest BCUT2D eigenvalue weighted by atomic mass is 32.2. The first-order valence-corrected chi connectivity index (χ1v) is 10.00. The molecule has 0 saturated carbocycles. The van der Waals surface area contributed by atoms with Gasteiger partial charge in [0.2, 0.25) is 0 Å². The Kier molecular flexibility index (Phi) is 4.95. The summed E-state index contributed by atoms with van der Waals surface area (Å²) in [7, 11) is 0. The van der Waals surface area contributed by atoms with Gasteiger partial charge in [0.1, 0.15) is 6.17 Å². The van der Waals surface area contributed by atoms with Crippen molar-refractivity contribution in [3.05, 3.63) is 65.7 Å². The highest BCUT2D eigenvalue weighted by Gasteiger charge is 2.31. The van der Waals surface area contributed by atoms with E-state index < -0.39 is 0 Å². The fourth-order valence-corrected chi connectivity index (χ4v) is 4.54. The molecule has 0 bridgehead atoms. The molecule has 2 aromatic rings. The van der Waals surface area contributed by atoms with E-state index in [0.29, 0.717) is 0 Å². The molecule has 4 nitrogen and oxygen atoms in total. The number of nitrogens with one attached hydrogen (secondary N) is 1. The molecule has 2 aliphatic heterocycles. The summed E-state index contributed by atoms with van der Waals surface area (Å²) in [5.41, 5.74) is 2.93. The normalized spacial score (nSPS) is 20.9. The number of hydrogen-bond donors (Lipinski definition) is 1. The maximum atomic E-state index is 12.6. The maximum Gasteiger partial charge on any atom is 0.255 e. The summed E-state index contributed by atoms with van der Waals surface area (Å²) in [6.07, 6.45) is -0.109. The number of rotatable bonds is 4. The minimum atomic E-state index is -0.109. The van der Waals surface area contributed by atoms with Gasteiger partial charge in [0.25, 0.3) is 5.91 Å². The summed E-state index contributed by atoms with van der Waals surface area (Å²) in [5, 5.41) is 3.19. The van der Waals surface area contributed by atoms with E-state index in [-0.39, 0.29) is 12.1 Å². The second-order valence-corrected chi connectivity index (χ2v) is 7.68. The molecule has 0 radical (unpaired) electrons. The van der Waals surface area contributed by atoms with Crippen LogP contribution in [0.3, 0.4) is 0 Å². The van der Waals surface area contributed by atoms with Crippen molar-refractivity contribution in [1.29, 1.82) is 0 Å². The predicted molar refractivity (Wildman–Crippen MR) is 104 cm³/mol. The molecule has 4 rings (SSSR count).